The quantitative estimate of drug-likeness (QED) is 0.683. The monoisotopic (exact) mass is 197 g/mol. The largest absolute Gasteiger partial charge is 0.449 e. The Labute approximate surface area is 87.6 Å². The molecule has 2 aromatic rings. The van der Waals surface area contributed by atoms with E-state index in [-0.39, 0.29) is 0 Å². The lowest BCUT2D eigenvalue weighted by Gasteiger charge is -2.01. The fourth-order valence-electron chi connectivity index (χ4n) is 1.24. The van der Waals surface area contributed by atoms with Crippen molar-refractivity contribution in [3.05, 3.63) is 59.6 Å². The summed E-state index contributed by atoms with van der Waals surface area (Å²) in [5, 5.41) is 8.74. The molecule has 72 valence electrons. The average Bonchev–Trinajstić information content (AvgIpc) is 2.31. The molecule has 0 aliphatic heterocycles. The van der Waals surface area contributed by atoms with Crippen LogP contribution in [0.4, 0.5) is 5.69 Å². The molecule has 2 aromatic carbocycles. The summed E-state index contributed by atoms with van der Waals surface area (Å²) in [6.07, 6.45) is 0. The van der Waals surface area contributed by atoms with Gasteiger partial charge in [0.05, 0.1) is 0 Å². The lowest BCUT2D eigenvalue weighted by molar-refractivity contribution is 0.485. The van der Waals surface area contributed by atoms with Crippen LogP contribution in [0, 0.1) is 5.39 Å². The van der Waals surface area contributed by atoms with Crippen LogP contribution in [0.15, 0.2) is 54.6 Å². The maximum absolute atomic E-state index is 8.74. The van der Waals surface area contributed by atoms with Crippen LogP contribution < -0.4 is 4.74 Å². The van der Waals surface area contributed by atoms with Gasteiger partial charge in [0, 0.05) is 6.07 Å². The van der Waals surface area contributed by atoms with Crippen LogP contribution in [-0.4, -0.2) is 0 Å². The number of hydrogen-bond donors (Lipinski definition) is 0. The maximum atomic E-state index is 8.74. The molecule has 3 heteroatoms. The normalized spacial score (nSPS) is 9.27. The molecule has 0 unspecified atom stereocenters. The number of para-hydroxylation sites is 2. The second-order valence-electron chi connectivity index (χ2n) is 2.98. The molecule has 0 aromatic heterocycles. The molecule has 0 spiro atoms. The van der Waals surface area contributed by atoms with E-state index in [4.69, 9.17) is 10.1 Å². The first-order valence-electron chi connectivity index (χ1n) is 4.57. The number of benzene rings is 2. The smallest absolute Gasteiger partial charge is 0.426 e. The topological polar surface area (TPSA) is 37.4 Å². The lowest BCUT2D eigenvalue weighted by atomic mass is 10.3. The molecule has 3 nitrogen and oxygen atoms in total. The van der Waals surface area contributed by atoms with Crippen molar-refractivity contribution in [3.8, 4) is 11.5 Å². The van der Waals surface area contributed by atoms with Gasteiger partial charge in [0.15, 0.2) is 4.98 Å². The second kappa shape index (κ2) is 4.25. The molecular formula is C12H9N2O+. The van der Waals surface area contributed by atoms with Gasteiger partial charge in [-0.25, -0.2) is 0 Å². The maximum Gasteiger partial charge on any atom is 0.426 e. The van der Waals surface area contributed by atoms with Crippen molar-refractivity contribution in [2.24, 2.45) is 0 Å². The van der Waals surface area contributed by atoms with Crippen molar-refractivity contribution in [3.63, 3.8) is 0 Å². The predicted molar refractivity (Wildman–Crippen MR) is 57.7 cm³/mol. The molecular weight excluding hydrogens is 188 g/mol. The van der Waals surface area contributed by atoms with Crippen molar-refractivity contribution in [2.45, 2.75) is 0 Å². The molecule has 0 amide bonds. The first-order chi connectivity index (χ1) is 7.40. The molecule has 0 aliphatic carbocycles. The van der Waals surface area contributed by atoms with Crippen LogP contribution >= 0.6 is 0 Å². The minimum Gasteiger partial charge on any atom is -0.449 e. The van der Waals surface area contributed by atoms with Crippen LogP contribution in [0.25, 0.3) is 4.98 Å². The van der Waals surface area contributed by atoms with Crippen molar-refractivity contribution < 1.29 is 4.74 Å². The van der Waals surface area contributed by atoms with E-state index < -0.39 is 0 Å². The summed E-state index contributed by atoms with van der Waals surface area (Å²) >= 11 is 0. The summed E-state index contributed by atoms with van der Waals surface area (Å²) < 4.78 is 5.55. The Morgan fingerprint density at radius 2 is 1.53 bits per heavy atom. The summed E-state index contributed by atoms with van der Waals surface area (Å²) in [5.74, 6) is 1.25. The van der Waals surface area contributed by atoms with Gasteiger partial charge in [-0.2, -0.15) is 0 Å². The molecule has 0 bridgehead atoms. The van der Waals surface area contributed by atoms with Crippen molar-refractivity contribution in [1.82, 2.24) is 0 Å². The highest BCUT2D eigenvalue weighted by atomic mass is 16.5. The van der Waals surface area contributed by atoms with Crippen molar-refractivity contribution >= 4 is 5.69 Å². The van der Waals surface area contributed by atoms with Gasteiger partial charge in [0.2, 0.25) is 11.1 Å². The Morgan fingerprint density at radius 3 is 2.27 bits per heavy atom. The molecule has 0 N–H and O–H groups in total. The minimum absolute atomic E-state index is 0.418. The van der Waals surface area contributed by atoms with Crippen LogP contribution in [0.1, 0.15) is 0 Å². The Balaban J connectivity index is 2.29. The van der Waals surface area contributed by atoms with E-state index in [1.165, 1.54) is 0 Å². The van der Waals surface area contributed by atoms with E-state index in [1.807, 2.05) is 36.4 Å². The van der Waals surface area contributed by atoms with E-state index in [0.29, 0.717) is 17.2 Å². The van der Waals surface area contributed by atoms with Gasteiger partial charge in [0.1, 0.15) is 5.75 Å². The fourth-order valence-corrected chi connectivity index (χ4v) is 1.24. The van der Waals surface area contributed by atoms with Crippen LogP contribution in [-0.2, 0) is 0 Å². The molecule has 0 saturated heterocycles. The number of rotatable bonds is 2. The molecule has 0 fully saturated rings. The average molecular weight is 197 g/mol. The molecule has 0 aliphatic rings. The first-order valence-corrected chi connectivity index (χ1v) is 4.57. The Bertz CT molecular complexity index is 488. The highest BCUT2D eigenvalue weighted by Crippen LogP contribution is 2.30. The van der Waals surface area contributed by atoms with Gasteiger partial charge in [-0.05, 0) is 18.2 Å². The standard InChI is InChI=1S/C12H9N2O/c13-14-11-8-4-5-9-12(11)15-10-6-2-1-3-7-10/h1-9H/q+1. The third kappa shape index (κ3) is 2.12. The van der Waals surface area contributed by atoms with Crippen LogP contribution in [0.3, 0.4) is 0 Å². The van der Waals surface area contributed by atoms with Gasteiger partial charge < -0.3 is 4.74 Å². The molecule has 0 radical (unpaired) electrons. The van der Waals surface area contributed by atoms with Crippen LogP contribution in [0.5, 0.6) is 11.5 Å². The summed E-state index contributed by atoms with van der Waals surface area (Å²) in [6.45, 7) is 0. The van der Waals surface area contributed by atoms with Gasteiger partial charge >= 0.3 is 5.69 Å². The highest BCUT2D eigenvalue weighted by Gasteiger charge is 2.13. The number of ether oxygens (including phenoxy) is 1. The summed E-state index contributed by atoms with van der Waals surface area (Å²) in [4.78, 5) is 3.14. The summed E-state index contributed by atoms with van der Waals surface area (Å²) in [7, 11) is 0. The highest BCUT2D eigenvalue weighted by molar-refractivity contribution is 5.57. The zero-order valence-corrected chi connectivity index (χ0v) is 8.00. The molecule has 2 rings (SSSR count). The number of diazo groups is 1. The van der Waals surface area contributed by atoms with Gasteiger partial charge in [-0.3, -0.25) is 0 Å². The zero-order chi connectivity index (χ0) is 10.5. The van der Waals surface area contributed by atoms with Gasteiger partial charge in [0.25, 0.3) is 0 Å². The van der Waals surface area contributed by atoms with E-state index in [2.05, 4.69) is 4.98 Å². The van der Waals surface area contributed by atoms with E-state index in [0.717, 1.165) is 0 Å². The third-order valence-electron chi connectivity index (χ3n) is 1.94. The van der Waals surface area contributed by atoms with E-state index in [1.54, 1.807) is 18.2 Å². The first kappa shape index (κ1) is 9.22. The second-order valence-corrected chi connectivity index (χ2v) is 2.98. The Kier molecular flexibility index (Phi) is 2.61. The number of hydrogen-bond acceptors (Lipinski definition) is 2. The molecule has 15 heavy (non-hydrogen) atoms. The SMILES string of the molecule is N#[N+]c1ccccc1Oc1ccccc1. The molecule has 0 saturated carbocycles. The number of nitrogens with zero attached hydrogens (tertiary/aromatic N) is 2. The molecule has 0 atom stereocenters. The summed E-state index contributed by atoms with van der Waals surface area (Å²) in [5.41, 5.74) is 0.418. The molecule has 0 heterocycles. The van der Waals surface area contributed by atoms with Gasteiger partial charge in [-0.15, -0.1) is 0 Å². The van der Waals surface area contributed by atoms with Crippen molar-refractivity contribution in [2.75, 3.05) is 0 Å². The van der Waals surface area contributed by atoms with Crippen molar-refractivity contribution in [1.29, 1.82) is 5.39 Å². The fraction of sp³-hybridized carbons (Fsp3) is 0. The Morgan fingerprint density at radius 1 is 0.867 bits per heavy atom. The zero-order valence-electron chi connectivity index (χ0n) is 8.00. The third-order valence-corrected chi connectivity index (χ3v) is 1.94. The predicted octanol–water partition coefficient (Wildman–Crippen LogP) is 3.96. The van der Waals surface area contributed by atoms with Crippen LogP contribution in [0.2, 0.25) is 0 Å². The van der Waals surface area contributed by atoms with Gasteiger partial charge in [-0.1, -0.05) is 30.3 Å². The van der Waals surface area contributed by atoms with E-state index >= 15 is 0 Å². The lowest BCUT2D eigenvalue weighted by Crippen LogP contribution is -1.82. The summed E-state index contributed by atoms with van der Waals surface area (Å²) in [6, 6.07) is 16.4. The van der Waals surface area contributed by atoms with E-state index in [9.17, 15) is 0 Å². The Hall–Kier alpha value is -2.34. The minimum atomic E-state index is 0.418.